The number of aliphatic hydroxyl groups excluding tert-OH is 2. The minimum absolute atomic E-state index is 0.0577. The van der Waals surface area contributed by atoms with Crippen LogP contribution in [0.5, 0.6) is 0 Å². The molecule has 0 aromatic heterocycles. The molecule has 88 valence electrons. The smallest absolute Gasteiger partial charge is 0.404 e. The van der Waals surface area contributed by atoms with Gasteiger partial charge in [0.25, 0.3) is 0 Å². The third kappa shape index (κ3) is 3.65. The zero-order valence-electron chi connectivity index (χ0n) is 8.63. The Hall–Kier alpha value is -0.850. The van der Waals surface area contributed by atoms with E-state index in [2.05, 4.69) is 0 Å². The van der Waals surface area contributed by atoms with Crippen molar-refractivity contribution in [1.29, 1.82) is 0 Å². The highest BCUT2D eigenvalue weighted by molar-refractivity contribution is 5.64. The van der Waals surface area contributed by atoms with Gasteiger partial charge < -0.3 is 20.7 Å². The maximum atomic E-state index is 10.5. The van der Waals surface area contributed by atoms with Gasteiger partial charge in [-0.3, -0.25) is 4.90 Å². The van der Waals surface area contributed by atoms with Crippen LogP contribution in [0, 0.1) is 0 Å². The van der Waals surface area contributed by atoms with Crippen molar-refractivity contribution >= 4 is 6.09 Å². The minimum Gasteiger partial charge on any atom is -0.446 e. The fraction of sp³-hybridized carbons (Fsp3) is 0.889. The summed E-state index contributed by atoms with van der Waals surface area (Å²) in [5.74, 6) is 0. The number of hydrogen-bond donors (Lipinski definition) is 3. The second-order valence-corrected chi connectivity index (χ2v) is 3.69. The molecule has 1 aliphatic rings. The van der Waals surface area contributed by atoms with Gasteiger partial charge in [-0.05, 0) is 12.8 Å². The normalized spacial score (nSPS) is 19.4. The second-order valence-electron chi connectivity index (χ2n) is 3.69. The Bertz CT molecular complexity index is 200. The van der Waals surface area contributed by atoms with Gasteiger partial charge in [-0.1, -0.05) is 0 Å². The van der Waals surface area contributed by atoms with E-state index in [0.717, 1.165) is 0 Å². The lowest BCUT2D eigenvalue weighted by Gasteiger charge is -2.35. The molecule has 4 N–H and O–H groups in total. The van der Waals surface area contributed by atoms with Crippen molar-refractivity contribution in [2.75, 3.05) is 26.3 Å². The number of aliphatic hydroxyl groups is 2. The number of carbonyl (C=O) groups excluding carboxylic acids is 1. The molecular formula is C9H18N2O4. The van der Waals surface area contributed by atoms with Crippen LogP contribution in [-0.4, -0.2) is 59.7 Å². The van der Waals surface area contributed by atoms with Crippen LogP contribution in [0.25, 0.3) is 0 Å². The number of likely N-dealkylation sites (tertiary alicyclic amines) is 1. The molecule has 1 saturated heterocycles. The molecule has 6 nitrogen and oxygen atoms in total. The summed E-state index contributed by atoms with van der Waals surface area (Å²) in [6.07, 6.45) is 0.518. The van der Waals surface area contributed by atoms with Gasteiger partial charge in [-0.25, -0.2) is 4.79 Å². The highest BCUT2D eigenvalue weighted by atomic mass is 16.6. The zero-order valence-corrected chi connectivity index (χ0v) is 8.63. The third-order valence-electron chi connectivity index (χ3n) is 2.70. The van der Waals surface area contributed by atoms with Crippen molar-refractivity contribution in [1.82, 2.24) is 4.90 Å². The summed E-state index contributed by atoms with van der Waals surface area (Å²) in [6, 6.07) is -0.209. The molecule has 1 rings (SSSR count). The topological polar surface area (TPSA) is 96.0 Å². The average molecular weight is 218 g/mol. The molecule has 0 saturated carbocycles. The predicted octanol–water partition coefficient (Wildman–Crippen LogP) is -1.10. The first-order chi connectivity index (χ1) is 7.17. The number of hydrogen-bond acceptors (Lipinski definition) is 5. The van der Waals surface area contributed by atoms with E-state index in [1.807, 2.05) is 4.90 Å². The van der Waals surface area contributed by atoms with E-state index in [9.17, 15) is 4.79 Å². The van der Waals surface area contributed by atoms with Crippen LogP contribution in [0.15, 0.2) is 0 Å². The molecule has 0 spiro atoms. The molecule has 0 aromatic rings. The van der Waals surface area contributed by atoms with E-state index in [-0.39, 0.29) is 25.4 Å². The fourth-order valence-electron chi connectivity index (χ4n) is 1.81. The summed E-state index contributed by atoms with van der Waals surface area (Å²) >= 11 is 0. The van der Waals surface area contributed by atoms with Crippen molar-refractivity contribution in [3.8, 4) is 0 Å². The van der Waals surface area contributed by atoms with Crippen molar-refractivity contribution in [2.45, 2.75) is 25.0 Å². The van der Waals surface area contributed by atoms with Crippen molar-refractivity contribution in [3.05, 3.63) is 0 Å². The number of primary amides is 1. The lowest BCUT2D eigenvalue weighted by Crippen LogP contribution is -2.47. The summed E-state index contributed by atoms with van der Waals surface area (Å²) in [5, 5.41) is 18.0. The largest absolute Gasteiger partial charge is 0.446 e. The van der Waals surface area contributed by atoms with E-state index < -0.39 is 6.09 Å². The fourth-order valence-corrected chi connectivity index (χ4v) is 1.81. The maximum absolute atomic E-state index is 10.5. The van der Waals surface area contributed by atoms with E-state index in [1.54, 1.807) is 0 Å². The molecule has 1 fully saturated rings. The average Bonchev–Trinajstić information content (AvgIpc) is 2.21. The summed E-state index contributed by atoms with van der Waals surface area (Å²) < 4.78 is 4.87. The summed E-state index contributed by atoms with van der Waals surface area (Å²) in [4.78, 5) is 12.5. The molecule has 0 bridgehead atoms. The molecular weight excluding hydrogens is 200 g/mol. The first-order valence-electron chi connectivity index (χ1n) is 5.09. The van der Waals surface area contributed by atoms with Crippen molar-refractivity contribution < 1.29 is 19.7 Å². The molecule has 0 aromatic carbocycles. The SMILES string of the molecule is NC(=O)OC1CCN(C(CO)CO)CC1. The van der Waals surface area contributed by atoms with Crippen LogP contribution in [0.4, 0.5) is 4.79 Å². The number of ether oxygens (including phenoxy) is 1. The summed E-state index contributed by atoms with van der Waals surface area (Å²) in [5.41, 5.74) is 4.92. The van der Waals surface area contributed by atoms with Crippen LogP contribution in [-0.2, 0) is 4.74 Å². The quantitative estimate of drug-likeness (QED) is 0.556. The molecule has 1 amide bonds. The lowest BCUT2D eigenvalue weighted by molar-refractivity contribution is 0.0135. The standard InChI is InChI=1S/C9H18N2O4/c10-9(14)15-8-1-3-11(4-2-8)7(5-12)6-13/h7-8,12-13H,1-6H2,(H2,10,14). The van der Waals surface area contributed by atoms with E-state index in [4.69, 9.17) is 20.7 Å². The van der Waals surface area contributed by atoms with Crippen molar-refractivity contribution in [2.24, 2.45) is 5.73 Å². The lowest BCUT2D eigenvalue weighted by atomic mass is 10.1. The van der Waals surface area contributed by atoms with Gasteiger partial charge in [0.2, 0.25) is 0 Å². The van der Waals surface area contributed by atoms with E-state index >= 15 is 0 Å². The van der Waals surface area contributed by atoms with Gasteiger partial charge in [0.05, 0.1) is 19.3 Å². The Morgan fingerprint density at radius 1 is 1.40 bits per heavy atom. The van der Waals surface area contributed by atoms with Gasteiger partial charge >= 0.3 is 6.09 Å². The highest BCUT2D eigenvalue weighted by Gasteiger charge is 2.25. The van der Waals surface area contributed by atoms with Gasteiger partial charge in [0.15, 0.2) is 0 Å². The molecule has 0 aliphatic carbocycles. The number of nitrogens with two attached hydrogens (primary N) is 1. The first kappa shape index (κ1) is 12.2. The number of amides is 1. The maximum Gasteiger partial charge on any atom is 0.404 e. The van der Waals surface area contributed by atoms with Crippen LogP contribution in [0.1, 0.15) is 12.8 Å². The number of nitrogens with zero attached hydrogens (tertiary/aromatic N) is 1. The third-order valence-corrected chi connectivity index (χ3v) is 2.70. The molecule has 0 atom stereocenters. The van der Waals surface area contributed by atoms with E-state index in [0.29, 0.717) is 25.9 Å². The first-order valence-corrected chi connectivity index (χ1v) is 5.09. The molecule has 1 heterocycles. The Balaban J connectivity index is 2.31. The van der Waals surface area contributed by atoms with Crippen molar-refractivity contribution in [3.63, 3.8) is 0 Å². The second kappa shape index (κ2) is 5.89. The summed E-state index contributed by atoms with van der Waals surface area (Å²) in [7, 11) is 0. The Kier molecular flexibility index (Phi) is 4.80. The molecule has 6 heteroatoms. The Morgan fingerprint density at radius 2 is 1.93 bits per heavy atom. The molecule has 0 unspecified atom stereocenters. The van der Waals surface area contributed by atoms with Crippen LogP contribution in [0.3, 0.4) is 0 Å². The van der Waals surface area contributed by atoms with Gasteiger partial charge in [-0.2, -0.15) is 0 Å². The number of piperidine rings is 1. The number of rotatable bonds is 4. The summed E-state index contributed by atoms with van der Waals surface area (Å²) in [6.45, 7) is 1.28. The van der Waals surface area contributed by atoms with Gasteiger partial charge in [-0.15, -0.1) is 0 Å². The Labute approximate surface area is 88.6 Å². The molecule has 1 aliphatic heterocycles. The van der Waals surface area contributed by atoms with Crippen LogP contribution in [0.2, 0.25) is 0 Å². The minimum atomic E-state index is -0.741. The predicted molar refractivity (Wildman–Crippen MR) is 53.2 cm³/mol. The van der Waals surface area contributed by atoms with Crippen LogP contribution >= 0.6 is 0 Å². The van der Waals surface area contributed by atoms with Gasteiger partial charge in [0, 0.05) is 13.1 Å². The monoisotopic (exact) mass is 218 g/mol. The van der Waals surface area contributed by atoms with Crippen LogP contribution < -0.4 is 5.73 Å². The highest BCUT2D eigenvalue weighted by Crippen LogP contribution is 2.15. The Morgan fingerprint density at radius 3 is 2.33 bits per heavy atom. The number of carbonyl (C=O) groups is 1. The zero-order chi connectivity index (χ0) is 11.3. The van der Waals surface area contributed by atoms with Gasteiger partial charge in [0.1, 0.15) is 6.10 Å². The van der Waals surface area contributed by atoms with E-state index in [1.165, 1.54) is 0 Å². The molecule has 0 radical (unpaired) electrons. The molecule has 15 heavy (non-hydrogen) atoms.